The Morgan fingerprint density at radius 1 is 1.13 bits per heavy atom. The number of primary amides is 1. The molecule has 8 heteroatoms. The summed E-state index contributed by atoms with van der Waals surface area (Å²) in [6, 6.07) is 13.8. The number of carbonyl (C=O) groups excluding carboxylic acids is 1. The Labute approximate surface area is 174 Å². The SMILES string of the molecule is NC(=O)C1CCN1c1nc(Cc2ccccc2)cc(Nc2cc(C3CCC3)[nH]n2)n1. The molecule has 2 aromatic heterocycles. The molecule has 3 heterocycles. The van der Waals surface area contributed by atoms with Crippen LogP contribution < -0.4 is 16.0 Å². The molecule has 1 aromatic carbocycles. The second-order valence-electron chi connectivity index (χ2n) is 8.07. The smallest absolute Gasteiger partial charge is 0.240 e. The number of benzene rings is 1. The molecular formula is C22H25N7O. The van der Waals surface area contributed by atoms with Crippen molar-refractivity contribution in [2.45, 2.75) is 44.1 Å². The molecule has 8 nitrogen and oxygen atoms in total. The molecule has 154 valence electrons. The van der Waals surface area contributed by atoms with Gasteiger partial charge in [0.25, 0.3) is 0 Å². The lowest BCUT2D eigenvalue weighted by atomic mass is 9.83. The highest BCUT2D eigenvalue weighted by atomic mass is 16.1. The lowest BCUT2D eigenvalue weighted by Gasteiger charge is -2.38. The Morgan fingerprint density at radius 3 is 2.63 bits per heavy atom. The second kappa shape index (κ2) is 7.78. The number of rotatable bonds is 7. The third-order valence-electron chi connectivity index (χ3n) is 6.00. The Balaban J connectivity index is 1.42. The lowest BCUT2D eigenvalue weighted by Crippen LogP contribution is -2.55. The Morgan fingerprint density at radius 2 is 1.97 bits per heavy atom. The van der Waals surface area contributed by atoms with E-state index in [1.807, 2.05) is 29.2 Å². The first kappa shape index (κ1) is 18.6. The Kier molecular flexibility index (Phi) is 4.82. The molecule has 1 aliphatic carbocycles. The third-order valence-corrected chi connectivity index (χ3v) is 6.00. The maximum absolute atomic E-state index is 11.7. The van der Waals surface area contributed by atoms with E-state index in [1.54, 1.807) is 0 Å². The summed E-state index contributed by atoms with van der Waals surface area (Å²) in [5.74, 6) is 2.16. The van der Waals surface area contributed by atoms with Gasteiger partial charge in [-0.05, 0) is 24.8 Å². The predicted octanol–water partition coefficient (Wildman–Crippen LogP) is 2.87. The largest absolute Gasteiger partial charge is 0.368 e. The molecule has 2 aliphatic rings. The van der Waals surface area contributed by atoms with Crippen LogP contribution in [0.4, 0.5) is 17.6 Å². The van der Waals surface area contributed by atoms with Crippen molar-refractivity contribution in [2.24, 2.45) is 5.73 Å². The van der Waals surface area contributed by atoms with Crippen LogP contribution in [0.5, 0.6) is 0 Å². The summed E-state index contributed by atoms with van der Waals surface area (Å²) >= 11 is 0. The van der Waals surface area contributed by atoms with Crippen molar-refractivity contribution in [3.8, 4) is 0 Å². The van der Waals surface area contributed by atoms with Crippen molar-refractivity contribution in [1.82, 2.24) is 20.2 Å². The summed E-state index contributed by atoms with van der Waals surface area (Å²) in [5.41, 5.74) is 8.73. The highest BCUT2D eigenvalue weighted by Crippen LogP contribution is 2.36. The van der Waals surface area contributed by atoms with E-state index in [1.165, 1.54) is 25.0 Å². The van der Waals surface area contributed by atoms with Gasteiger partial charge in [-0.25, -0.2) is 4.98 Å². The number of nitrogens with zero attached hydrogens (tertiary/aromatic N) is 4. The summed E-state index contributed by atoms with van der Waals surface area (Å²) in [7, 11) is 0. The van der Waals surface area contributed by atoms with Crippen molar-refractivity contribution in [3.05, 3.63) is 59.4 Å². The summed E-state index contributed by atoms with van der Waals surface area (Å²) in [4.78, 5) is 23.0. The highest BCUT2D eigenvalue weighted by molar-refractivity contribution is 5.84. The molecule has 1 amide bonds. The number of aromatic amines is 1. The van der Waals surface area contributed by atoms with Crippen molar-refractivity contribution in [1.29, 1.82) is 0 Å². The Bertz CT molecular complexity index is 1040. The Hall–Kier alpha value is -3.42. The molecule has 0 radical (unpaired) electrons. The number of H-pyrrole nitrogens is 1. The monoisotopic (exact) mass is 403 g/mol. The van der Waals surface area contributed by atoms with Gasteiger partial charge in [-0.15, -0.1) is 0 Å². The van der Waals surface area contributed by atoms with Gasteiger partial charge in [0.05, 0.1) is 5.69 Å². The maximum atomic E-state index is 11.7. The average Bonchev–Trinajstić information content (AvgIpc) is 3.07. The fraction of sp³-hybridized carbons (Fsp3) is 0.364. The molecule has 1 saturated heterocycles. The maximum Gasteiger partial charge on any atom is 0.240 e. The van der Waals surface area contributed by atoms with Crippen LogP contribution in [0.15, 0.2) is 42.5 Å². The van der Waals surface area contributed by atoms with Crippen LogP contribution in [-0.2, 0) is 11.2 Å². The number of nitrogens with one attached hydrogen (secondary N) is 2. The fourth-order valence-corrected chi connectivity index (χ4v) is 3.95. The number of nitrogens with two attached hydrogens (primary N) is 1. The molecule has 4 N–H and O–H groups in total. The minimum absolute atomic E-state index is 0.342. The number of hydrogen-bond acceptors (Lipinski definition) is 6. The van der Waals surface area contributed by atoms with Gasteiger partial charge in [-0.2, -0.15) is 10.1 Å². The van der Waals surface area contributed by atoms with Gasteiger partial charge < -0.3 is 16.0 Å². The summed E-state index contributed by atoms with van der Waals surface area (Å²) < 4.78 is 0. The van der Waals surface area contributed by atoms with Gasteiger partial charge in [-0.1, -0.05) is 36.8 Å². The summed E-state index contributed by atoms with van der Waals surface area (Å²) in [6.45, 7) is 0.718. The van der Waals surface area contributed by atoms with E-state index >= 15 is 0 Å². The zero-order chi connectivity index (χ0) is 20.5. The molecule has 0 bridgehead atoms. The molecule has 1 saturated carbocycles. The zero-order valence-corrected chi connectivity index (χ0v) is 16.7. The van der Waals surface area contributed by atoms with Crippen LogP contribution in [0.1, 0.15) is 48.6 Å². The van der Waals surface area contributed by atoms with Crippen molar-refractivity contribution in [3.63, 3.8) is 0 Å². The van der Waals surface area contributed by atoms with Gasteiger partial charge in [0.2, 0.25) is 11.9 Å². The van der Waals surface area contributed by atoms with Gasteiger partial charge >= 0.3 is 0 Å². The van der Waals surface area contributed by atoms with E-state index in [2.05, 4.69) is 38.7 Å². The van der Waals surface area contributed by atoms with Crippen LogP contribution in [0.25, 0.3) is 0 Å². The van der Waals surface area contributed by atoms with Crippen LogP contribution in [-0.4, -0.2) is 38.7 Å². The van der Waals surface area contributed by atoms with Crippen molar-refractivity contribution >= 4 is 23.5 Å². The summed E-state index contributed by atoms with van der Waals surface area (Å²) in [5, 5.41) is 10.8. The summed E-state index contributed by atoms with van der Waals surface area (Å²) in [6.07, 6.45) is 5.11. The predicted molar refractivity (Wildman–Crippen MR) is 115 cm³/mol. The van der Waals surface area contributed by atoms with Crippen LogP contribution >= 0.6 is 0 Å². The third kappa shape index (κ3) is 3.72. The quantitative estimate of drug-likeness (QED) is 0.559. The fourth-order valence-electron chi connectivity index (χ4n) is 3.95. The van der Waals surface area contributed by atoms with Gasteiger partial charge in [-0.3, -0.25) is 9.89 Å². The van der Waals surface area contributed by atoms with E-state index < -0.39 is 0 Å². The standard InChI is InChI=1S/C22H25N7O/c23-21(30)18-9-10-29(18)22-24-16(11-14-5-2-1-3-6-14)12-19(26-22)25-20-13-17(27-28-20)15-7-4-8-15/h1-3,5-6,12-13,15,18H,4,7-11H2,(H2,23,30)(H2,24,25,26,27,28). The van der Waals surface area contributed by atoms with E-state index in [-0.39, 0.29) is 11.9 Å². The van der Waals surface area contributed by atoms with Crippen LogP contribution in [0.3, 0.4) is 0 Å². The topological polar surface area (TPSA) is 113 Å². The number of amides is 1. The van der Waals surface area contributed by atoms with Crippen molar-refractivity contribution < 1.29 is 4.79 Å². The zero-order valence-electron chi connectivity index (χ0n) is 16.7. The number of aromatic nitrogens is 4. The molecule has 0 spiro atoms. The van der Waals surface area contributed by atoms with E-state index in [9.17, 15) is 4.79 Å². The highest BCUT2D eigenvalue weighted by Gasteiger charge is 2.35. The first-order chi connectivity index (χ1) is 14.7. The molecule has 5 rings (SSSR count). The van der Waals surface area contributed by atoms with E-state index in [4.69, 9.17) is 10.7 Å². The molecule has 1 atom stereocenters. The van der Waals surface area contributed by atoms with Crippen molar-refractivity contribution in [2.75, 3.05) is 16.8 Å². The van der Waals surface area contributed by atoms with E-state index in [0.717, 1.165) is 30.0 Å². The minimum Gasteiger partial charge on any atom is -0.368 e. The van der Waals surface area contributed by atoms with Gasteiger partial charge in [0.15, 0.2) is 5.82 Å². The molecule has 3 aromatic rings. The molecule has 30 heavy (non-hydrogen) atoms. The second-order valence-corrected chi connectivity index (χ2v) is 8.07. The number of anilines is 3. The normalized spacial score (nSPS) is 18.5. The first-order valence-electron chi connectivity index (χ1n) is 10.5. The minimum atomic E-state index is -0.347. The average molecular weight is 403 g/mol. The number of carbonyl (C=O) groups is 1. The lowest BCUT2D eigenvalue weighted by molar-refractivity contribution is -0.120. The van der Waals surface area contributed by atoms with Gasteiger partial charge in [0, 0.05) is 36.7 Å². The molecule has 1 aliphatic heterocycles. The number of hydrogen-bond donors (Lipinski definition) is 3. The molecule has 2 fully saturated rings. The molecular weight excluding hydrogens is 378 g/mol. The molecule has 1 unspecified atom stereocenters. The van der Waals surface area contributed by atoms with E-state index in [0.29, 0.717) is 24.1 Å². The van der Waals surface area contributed by atoms with Crippen LogP contribution in [0.2, 0.25) is 0 Å². The van der Waals surface area contributed by atoms with Gasteiger partial charge in [0.1, 0.15) is 11.9 Å². The van der Waals surface area contributed by atoms with Crippen LogP contribution in [0, 0.1) is 0 Å². The first-order valence-corrected chi connectivity index (χ1v) is 10.5.